The summed E-state index contributed by atoms with van der Waals surface area (Å²) in [6.45, 7) is 3.46. The van der Waals surface area contributed by atoms with Crippen LogP contribution in [-0.4, -0.2) is 49.3 Å². The normalized spacial score (nSPS) is 17.7. The van der Waals surface area contributed by atoms with Gasteiger partial charge in [-0.2, -0.15) is 0 Å². The number of hydrogen-bond acceptors (Lipinski definition) is 4. The van der Waals surface area contributed by atoms with Gasteiger partial charge in [0.05, 0.1) is 12.7 Å². The Kier molecular flexibility index (Phi) is 6.12. The highest BCUT2D eigenvalue weighted by atomic mass is 16.5. The third kappa shape index (κ3) is 4.76. The largest absolute Gasteiger partial charge is 0.497 e. The van der Waals surface area contributed by atoms with Gasteiger partial charge in [0.2, 0.25) is 0 Å². The molecule has 1 fully saturated rings. The summed E-state index contributed by atoms with van der Waals surface area (Å²) in [5, 5.41) is 9.19. The minimum absolute atomic E-state index is 0.362. The molecular formula is C21H25NO4. The smallest absolute Gasteiger partial charge is 0.335 e. The highest BCUT2D eigenvalue weighted by Gasteiger charge is 2.21. The molecule has 2 aromatic rings. The lowest BCUT2D eigenvalue weighted by Crippen LogP contribution is -2.37. The Bertz CT molecular complexity index is 746. The van der Waals surface area contributed by atoms with Crippen molar-refractivity contribution >= 4 is 5.97 Å². The number of carboxylic acid groups (broad SMARTS) is 1. The Labute approximate surface area is 154 Å². The first kappa shape index (κ1) is 18.3. The summed E-state index contributed by atoms with van der Waals surface area (Å²) in [6, 6.07) is 15.0. The molecule has 0 spiro atoms. The van der Waals surface area contributed by atoms with Gasteiger partial charge in [0.25, 0.3) is 0 Å². The summed E-state index contributed by atoms with van der Waals surface area (Å²) in [5.74, 6) is 1.11. The molecule has 1 aliphatic heterocycles. The van der Waals surface area contributed by atoms with Crippen molar-refractivity contribution in [3.63, 3.8) is 0 Å². The van der Waals surface area contributed by atoms with E-state index >= 15 is 0 Å². The summed E-state index contributed by atoms with van der Waals surface area (Å²) < 4.78 is 11.1. The first-order valence-corrected chi connectivity index (χ1v) is 8.98. The van der Waals surface area contributed by atoms with Crippen LogP contribution in [-0.2, 0) is 0 Å². The number of benzene rings is 2. The minimum Gasteiger partial charge on any atom is -0.497 e. The molecule has 26 heavy (non-hydrogen) atoms. The predicted molar refractivity (Wildman–Crippen MR) is 100 cm³/mol. The van der Waals surface area contributed by atoms with Crippen molar-refractivity contribution in [3.8, 4) is 11.5 Å². The fraction of sp³-hybridized carbons (Fsp3) is 0.381. The Hall–Kier alpha value is -2.53. The van der Waals surface area contributed by atoms with Crippen molar-refractivity contribution in [1.29, 1.82) is 0 Å². The zero-order chi connectivity index (χ0) is 18.4. The van der Waals surface area contributed by atoms with Crippen molar-refractivity contribution < 1.29 is 19.4 Å². The van der Waals surface area contributed by atoms with E-state index in [4.69, 9.17) is 9.47 Å². The van der Waals surface area contributed by atoms with E-state index in [1.54, 1.807) is 13.2 Å². The van der Waals surface area contributed by atoms with Gasteiger partial charge in [0.1, 0.15) is 18.1 Å². The zero-order valence-corrected chi connectivity index (χ0v) is 15.1. The fourth-order valence-electron chi connectivity index (χ4n) is 3.44. The Morgan fingerprint density at radius 2 is 2.00 bits per heavy atom. The van der Waals surface area contributed by atoms with E-state index in [9.17, 15) is 9.90 Å². The molecule has 0 aliphatic carbocycles. The first-order valence-electron chi connectivity index (χ1n) is 8.98. The maximum atomic E-state index is 11.2. The number of carboxylic acids is 1. The highest BCUT2D eigenvalue weighted by Crippen LogP contribution is 2.27. The van der Waals surface area contributed by atoms with Crippen LogP contribution in [0.3, 0.4) is 0 Å². The molecule has 5 heteroatoms. The zero-order valence-electron chi connectivity index (χ0n) is 15.1. The van der Waals surface area contributed by atoms with Crippen molar-refractivity contribution in [2.24, 2.45) is 0 Å². The number of hydrogen-bond donors (Lipinski definition) is 1. The average molecular weight is 355 g/mol. The van der Waals surface area contributed by atoms with Crippen LogP contribution in [0.2, 0.25) is 0 Å². The number of nitrogens with zero attached hydrogens (tertiary/aromatic N) is 1. The third-order valence-electron chi connectivity index (χ3n) is 4.83. The summed E-state index contributed by atoms with van der Waals surface area (Å²) >= 11 is 0. The van der Waals surface area contributed by atoms with Crippen LogP contribution in [0.4, 0.5) is 0 Å². The standard InChI is InChI=1S/C21H25NO4/c1-25-19-8-3-9-20(14-19)26-12-11-22-10-4-7-18(15-22)16-5-2-6-17(13-16)21(23)24/h2-3,5-6,8-9,13-14,18H,4,7,10-12,15H2,1H3,(H,23,24). The molecule has 1 saturated heterocycles. The molecule has 0 amide bonds. The monoisotopic (exact) mass is 355 g/mol. The molecule has 1 atom stereocenters. The number of carbonyl (C=O) groups is 1. The molecule has 138 valence electrons. The Morgan fingerprint density at radius 1 is 1.19 bits per heavy atom. The molecule has 5 nitrogen and oxygen atoms in total. The second kappa shape index (κ2) is 8.72. The van der Waals surface area contributed by atoms with Gasteiger partial charge >= 0.3 is 5.97 Å². The Morgan fingerprint density at radius 3 is 2.81 bits per heavy atom. The lowest BCUT2D eigenvalue weighted by molar-refractivity contribution is 0.0696. The molecule has 1 unspecified atom stereocenters. The molecule has 3 rings (SSSR count). The van der Waals surface area contributed by atoms with Crippen LogP contribution in [0.15, 0.2) is 48.5 Å². The van der Waals surface area contributed by atoms with Gasteiger partial charge in [0.15, 0.2) is 0 Å². The molecule has 0 saturated carbocycles. The number of aromatic carboxylic acids is 1. The number of piperidine rings is 1. The van der Waals surface area contributed by atoms with Crippen molar-refractivity contribution in [2.45, 2.75) is 18.8 Å². The summed E-state index contributed by atoms with van der Waals surface area (Å²) in [7, 11) is 1.65. The van der Waals surface area contributed by atoms with E-state index in [0.29, 0.717) is 18.1 Å². The first-order chi connectivity index (χ1) is 12.7. The van der Waals surface area contributed by atoms with Crippen molar-refractivity contribution in [1.82, 2.24) is 4.90 Å². The highest BCUT2D eigenvalue weighted by molar-refractivity contribution is 5.87. The molecule has 2 aromatic carbocycles. The lowest BCUT2D eigenvalue weighted by atomic mass is 9.90. The van der Waals surface area contributed by atoms with Gasteiger partial charge in [-0.25, -0.2) is 4.79 Å². The molecule has 1 N–H and O–H groups in total. The number of likely N-dealkylation sites (tertiary alicyclic amines) is 1. The van der Waals surface area contributed by atoms with Crippen LogP contribution in [0.1, 0.15) is 34.7 Å². The number of methoxy groups -OCH3 is 1. The van der Waals surface area contributed by atoms with Gasteiger partial charge in [-0.3, -0.25) is 4.90 Å². The average Bonchev–Trinajstić information content (AvgIpc) is 2.68. The van der Waals surface area contributed by atoms with E-state index in [-0.39, 0.29) is 0 Å². The lowest BCUT2D eigenvalue weighted by Gasteiger charge is -2.33. The van der Waals surface area contributed by atoms with Crippen LogP contribution in [0, 0.1) is 0 Å². The van der Waals surface area contributed by atoms with E-state index in [1.165, 1.54) is 0 Å². The third-order valence-corrected chi connectivity index (χ3v) is 4.83. The van der Waals surface area contributed by atoms with E-state index in [2.05, 4.69) is 4.90 Å². The SMILES string of the molecule is COc1cccc(OCCN2CCCC(c3cccc(C(=O)O)c3)C2)c1. The molecule has 1 heterocycles. The minimum atomic E-state index is -0.869. The van der Waals surface area contributed by atoms with Gasteiger partial charge in [-0.15, -0.1) is 0 Å². The maximum Gasteiger partial charge on any atom is 0.335 e. The van der Waals surface area contributed by atoms with Crippen LogP contribution >= 0.6 is 0 Å². The summed E-state index contributed by atoms with van der Waals surface area (Å²) in [4.78, 5) is 13.6. The second-order valence-corrected chi connectivity index (χ2v) is 6.60. The quantitative estimate of drug-likeness (QED) is 0.821. The summed E-state index contributed by atoms with van der Waals surface area (Å²) in [6.07, 6.45) is 2.21. The van der Waals surface area contributed by atoms with Crippen molar-refractivity contribution in [2.75, 3.05) is 33.4 Å². The topological polar surface area (TPSA) is 59.0 Å². The van der Waals surface area contributed by atoms with Crippen LogP contribution in [0.5, 0.6) is 11.5 Å². The van der Waals surface area contributed by atoms with Gasteiger partial charge in [0, 0.05) is 19.2 Å². The molecule has 0 radical (unpaired) electrons. The Balaban J connectivity index is 1.53. The molecule has 1 aliphatic rings. The van der Waals surface area contributed by atoms with Crippen LogP contribution in [0.25, 0.3) is 0 Å². The number of rotatable bonds is 7. The van der Waals surface area contributed by atoms with Gasteiger partial charge in [-0.1, -0.05) is 18.2 Å². The van der Waals surface area contributed by atoms with E-state index < -0.39 is 5.97 Å². The maximum absolute atomic E-state index is 11.2. The molecule has 0 bridgehead atoms. The summed E-state index contributed by atoms with van der Waals surface area (Å²) in [5.41, 5.74) is 1.48. The molecule has 0 aromatic heterocycles. The second-order valence-electron chi connectivity index (χ2n) is 6.60. The molecular weight excluding hydrogens is 330 g/mol. The number of ether oxygens (including phenoxy) is 2. The van der Waals surface area contributed by atoms with Crippen molar-refractivity contribution in [3.05, 3.63) is 59.7 Å². The van der Waals surface area contributed by atoms with Gasteiger partial charge < -0.3 is 14.6 Å². The fourth-order valence-corrected chi connectivity index (χ4v) is 3.44. The van der Waals surface area contributed by atoms with Gasteiger partial charge in [-0.05, 0) is 55.1 Å². The predicted octanol–water partition coefficient (Wildman–Crippen LogP) is 3.65. The van der Waals surface area contributed by atoms with E-state index in [0.717, 1.165) is 49.5 Å². The van der Waals surface area contributed by atoms with Crippen LogP contribution < -0.4 is 9.47 Å². The van der Waals surface area contributed by atoms with E-state index in [1.807, 2.05) is 42.5 Å².